The van der Waals surface area contributed by atoms with E-state index in [9.17, 15) is 14.0 Å². The third kappa shape index (κ3) is 4.20. The van der Waals surface area contributed by atoms with Gasteiger partial charge in [0.15, 0.2) is 0 Å². The van der Waals surface area contributed by atoms with Crippen molar-refractivity contribution in [3.05, 3.63) is 83.2 Å². The van der Waals surface area contributed by atoms with Gasteiger partial charge in [0.2, 0.25) is 0 Å². The molecule has 0 radical (unpaired) electrons. The zero-order chi connectivity index (χ0) is 19.4. The predicted molar refractivity (Wildman–Crippen MR) is 104 cm³/mol. The highest BCUT2D eigenvalue weighted by atomic mass is 19.1. The van der Waals surface area contributed by atoms with Crippen LogP contribution >= 0.6 is 0 Å². The van der Waals surface area contributed by atoms with Gasteiger partial charge in [0, 0.05) is 5.57 Å². The molecule has 136 valence electrons. The Morgan fingerprint density at radius 1 is 1.00 bits per heavy atom. The van der Waals surface area contributed by atoms with Gasteiger partial charge in [-0.2, -0.15) is 0 Å². The first kappa shape index (κ1) is 18.3. The van der Waals surface area contributed by atoms with E-state index in [0.717, 1.165) is 16.3 Å². The lowest BCUT2D eigenvalue weighted by atomic mass is 10.0. The molecule has 0 aliphatic rings. The Kier molecular flexibility index (Phi) is 5.31. The summed E-state index contributed by atoms with van der Waals surface area (Å²) in [5.41, 5.74) is 1.96. The molecular weight excluding hydrogens is 345 g/mol. The van der Waals surface area contributed by atoms with E-state index in [4.69, 9.17) is 4.74 Å². The standard InChI is InChI=1S/C22H18FNO3/c1-14(11-15-7-8-17-13-18(23)10-9-16(17)12-15)21(25)24-20-6-4-3-5-19(20)22(26)27-2/h3-13H,1-2H3,(H,24,25). The smallest absolute Gasteiger partial charge is 0.339 e. The number of fused-ring (bicyclic) bond motifs is 1. The third-order valence-corrected chi connectivity index (χ3v) is 4.15. The van der Waals surface area contributed by atoms with Gasteiger partial charge in [-0.1, -0.05) is 30.3 Å². The SMILES string of the molecule is COC(=O)c1ccccc1NC(=O)C(C)=Cc1ccc2cc(F)ccc2c1. The quantitative estimate of drug-likeness (QED) is 0.535. The fraction of sp³-hybridized carbons (Fsp3) is 0.0909. The minimum Gasteiger partial charge on any atom is -0.465 e. The van der Waals surface area contributed by atoms with Gasteiger partial charge in [0.05, 0.1) is 18.4 Å². The zero-order valence-electron chi connectivity index (χ0n) is 15.0. The fourth-order valence-electron chi connectivity index (χ4n) is 2.74. The number of para-hydroxylation sites is 1. The van der Waals surface area contributed by atoms with E-state index in [1.807, 2.05) is 18.2 Å². The molecule has 1 amide bonds. The number of hydrogen-bond acceptors (Lipinski definition) is 3. The third-order valence-electron chi connectivity index (χ3n) is 4.15. The van der Waals surface area contributed by atoms with E-state index in [-0.39, 0.29) is 17.3 Å². The van der Waals surface area contributed by atoms with Crippen molar-refractivity contribution in [2.24, 2.45) is 0 Å². The molecule has 0 saturated heterocycles. The Morgan fingerprint density at radius 2 is 1.70 bits per heavy atom. The Labute approximate surface area is 156 Å². The van der Waals surface area contributed by atoms with Gasteiger partial charge in [0.25, 0.3) is 5.91 Å². The van der Waals surface area contributed by atoms with Crippen LogP contribution in [-0.2, 0) is 9.53 Å². The number of nitrogens with one attached hydrogen (secondary N) is 1. The summed E-state index contributed by atoms with van der Waals surface area (Å²) in [6, 6.07) is 16.7. The maximum atomic E-state index is 13.3. The lowest BCUT2D eigenvalue weighted by Gasteiger charge is -2.10. The second-order valence-electron chi connectivity index (χ2n) is 6.07. The molecule has 0 spiro atoms. The molecular formula is C22H18FNO3. The topological polar surface area (TPSA) is 55.4 Å². The van der Waals surface area contributed by atoms with Crippen molar-refractivity contribution in [3.63, 3.8) is 0 Å². The van der Waals surface area contributed by atoms with E-state index in [1.165, 1.54) is 19.2 Å². The van der Waals surface area contributed by atoms with E-state index in [1.54, 1.807) is 43.3 Å². The summed E-state index contributed by atoms with van der Waals surface area (Å²) >= 11 is 0. The van der Waals surface area contributed by atoms with Gasteiger partial charge in [-0.3, -0.25) is 4.79 Å². The second-order valence-corrected chi connectivity index (χ2v) is 6.07. The summed E-state index contributed by atoms with van der Waals surface area (Å²) in [7, 11) is 1.29. The molecule has 0 fully saturated rings. The van der Waals surface area contributed by atoms with Crippen molar-refractivity contribution in [3.8, 4) is 0 Å². The van der Waals surface area contributed by atoms with E-state index in [2.05, 4.69) is 5.32 Å². The minimum atomic E-state index is -0.519. The number of rotatable bonds is 4. The number of carbonyl (C=O) groups excluding carboxylic acids is 2. The van der Waals surface area contributed by atoms with Crippen molar-refractivity contribution in [2.45, 2.75) is 6.92 Å². The predicted octanol–water partition coefficient (Wildman–Crippen LogP) is 4.81. The summed E-state index contributed by atoms with van der Waals surface area (Å²) in [5.74, 6) is -1.13. The average molecular weight is 363 g/mol. The van der Waals surface area contributed by atoms with Crippen molar-refractivity contribution in [1.29, 1.82) is 0 Å². The number of esters is 1. The zero-order valence-corrected chi connectivity index (χ0v) is 15.0. The van der Waals surface area contributed by atoms with Crippen molar-refractivity contribution >= 4 is 34.4 Å². The molecule has 0 aliphatic carbocycles. The molecule has 0 aromatic heterocycles. The van der Waals surface area contributed by atoms with Crippen LogP contribution in [0, 0.1) is 5.82 Å². The van der Waals surface area contributed by atoms with Crippen LogP contribution in [0.15, 0.2) is 66.2 Å². The minimum absolute atomic E-state index is 0.286. The Morgan fingerprint density at radius 3 is 2.48 bits per heavy atom. The summed E-state index contributed by atoms with van der Waals surface area (Å²) in [4.78, 5) is 24.3. The molecule has 3 rings (SSSR count). The normalized spacial score (nSPS) is 11.3. The van der Waals surface area contributed by atoms with Crippen LogP contribution in [0.3, 0.4) is 0 Å². The van der Waals surface area contributed by atoms with Crippen LogP contribution in [0.1, 0.15) is 22.8 Å². The van der Waals surface area contributed by atoms with Crippen molar-refractivity contribution in [2.75, 3.05) is 12.4 Å². The molecule has 4 nitrogen and oxygen atoms in total. The number of hydrogen-bond donors (Lipinski definition) is 1. The van der Waals surface area contributed by atoms with Crippen LogP contribution in [0.4, 0.5) is 10.1 Å². The van der Waals surface area contributed by atoms with Crippen molar-refractivity contribution in [1.82, 2.24) is 0 Å². The fourth-order valence-corrected chi connectivity index (χ4v) is 2.74. The second kappa shape index (κ2) is 7.83. The van der Waals surface area contributed by atoms with Gasteiger partial charge < -0.3 is 10.1 Å². The van der Waals surface area contributed by atoms with Gasteiger partial charge in [-0.25, -0.2) is 9.18 Å². The first-order valence-electron chi connectivity index (χ1n) is 8.34. The van der Waals surface area contributed by atoms with Crippen LogP contribution in [0.25, 0.3) is 16.8 Å². The maximum absolute atomic E-state index is 13.3. The largest absolute Gasteiger partial charge is 0.465 e. The van der Waals surface area contributed by atoms with E-state index < -0.39 is 5.97 Å². The first-order chi connectivity index (χ1) is 13.0. The molecule has 0 bridgehead atoms. The Hall–Kier alpha value is -3.47. The van der Waals surface area contributed by atoms with Crippen LogP contribution in [0.2, 0.25) is 0 Å². The number of ether oxygens (including phenoxy) is 1. The van der Waals surface area contributed by atoms with Crippen molar-refractivity contribution < 1.29 is 18.7 Å². The highest BCUT2D eigenvalue weighted by Gasteiger charge is 2.14. The summed E-state index contributed by atoms with van der Waals surface area (Å²) in [5, 5.41) is 4.41. The van der Waals surface area contributed by atoms with Gasteiger partial charge >= 0.3 is 5.97 Å². The number of amides is 1. The molecule has 3 aromatic rings. The van der Waals surface area contributed by atoms with Gasteiger partial charge in [-0.05, 0) is 59.7 Å². The molecule has 0 unspecified atom stereocenters. The number of carbonyl (C=O) groups is 2. The number of anilines is 1. The number of methoxy groups -OCH3 is 1. The Balaban J connectivity index is 1.83. The number of halogens is 1. The summed E-state index contributed by atoms with van der Waals surface area (Å²) < 4.78 is 18.0. The maximum Gasteiger partial charge on any atom is 0.339 e. The van der Waals surface area contributed by atoms with Crippen LogP contribution in [0.5, 0.6) is 0 Å². The molecule has 5 heteroatoms. The van der Waals surface area contributed by atoms with Crippen LogP contribution in [-0.4, -0.2) is 19.0 Å². The molecule has 0 aliphatic heterocycles. The van der Waals surface area contributed by atoms with E-state index >= 15 is 0 Å². The van der Waals surface area contributed by atoms with Gasteiger partial charge in [-0.15, -0.1) is 0 Å². The molecule has 27 heavy (non-hydrogen) atoms. The van der Waals surface area contributed by atoms with E-state index in [0.29, 0.717) is 11.3 Å². The Bertz CT molecular complexity index is 1060. The molecule has 0 heterocycles. The molecule has 0 atom stereocenters. The lowest BCUT2D eigenvalue weighted by Crippen LogP contribution is -2.15. The molecule has 3 aromatic carbocycles. The lowest BCUT2D eigenvalue weighted by molar-refractivity contribution is -0.112. The van der Waals surface area contributed by atoms with Gasteiger partial charge in [0.1, 0.15) is 5.82 Å². The first-order valence-corrected chi connectivity index (χ1v) is 8.34. The monoisotopic (exact) mass is 363 g/mol. The molecule has 1 N–H and O–H groups in total. The highest BCUT2D eigenvalue weighted by Crippen LogP contribution is 2.20. The molecule has 0 saturated carbocycles. The van der Waals surface area contributed by atoms with Crippen LogP contribution < -0.4 is 5.32 Å². The number of benzene rings is 3. The summed E-state index contributed by atoms with van der Waals surface area (Å²) in [6.45, 7) is 1.69. The average Bonchev–Trinajstić information content (AvgIpc) is 2.67. The summed E-state index contributed by atoms with van der Waals surface area (Å²) in [6.07, 6.45) is 1.74. The highest BCUT2D eigenvalue weighted by molar-refractivity contribution is 6.09.